The van der Waals surface area contributed by atoms with Gasteiger partial charge < -0.3 is 10.1 Å². The number of ether oxygens (including phenoxy) is 1. The minimum absolute atomic E-state index is 0.452. The number of hydrogen-bond acceptors (Lipinski definition) is 5. The summed E-state index contributed by atoms with van der Waals surface area (Å²) in [5.74, 6) is 1.13. The minimum atomic E-state index is 0.452. The molecule has 4 heterocycles. The molecule has 2 atom stereocenters. The molecule has 0 spiro atoms. The maximum Gasteiger partial charge on any atom is 0.159 e. The number of nitrogens with zero attached hydrogens (tertiary/aromatic N) is 4. The molecule has 0 unspecified atom stereocenters. The Balaban J connectivity index is 1.30. The number of aromatic nitrogens is 3. The van der Waals surface area contributed by atoms with Gasteiger partial charge in [0.15, 0.2) is 5.65 Å². The van der Waals surface area contributed by atoms with Gasteiger partial charge in [0.05, 0.1) is 11.4 Å². The number of fused-ring (bicyclic) bond motifs is 1. The average molecular weight is 482 g/mol. The number of piperidine rings is 1. The summed E-state index contributed by atoms with van der Waals surface area (Å²) in [5.41, 5.74) is 5.87. The molecule has 3 aromatic rings. The SMILES string of the molecule is Cc1nn2c([C@@H]3CCCN(Cc4ccc(Cl)cc4)C3)ccnc2c1CN[C@H](C)C1CCOCC1. The standard InChI is InChI=1S/C27H36ClN5O/c1-19(22-10-14-34-15-11-22)30-16-25-20(2)31-33-26(9-12-29-27(25)33)23-4-3-13-32(18-23)17-21-5-7-24(28)8-6-21/h5-9,12,19,22-23,30H,3-4,10-11,13-18H2,1-2H3/t19-,23-/m1/s1. The second-order valence-corrected chi connectivity index (χ2v) is 10.4. The van der Waals surface area contributed by atoms with Gasteiger partial charge in [-0.25, -0.2) is 9.50 Å². The first-order valence-electron chi connectivity index (χ1n) is 12.7. The van der Waals surface area contributed by atoms with Gasteiger partial charge in [0.2, 0.25) is 0 Å². The van der Waals surface area contributed by atoms with Crippen LogP contribution in [0.3, 0.4) is 0 Å². The molecule has 182 valence electrons. The minimum Gasteiger partial charge on any atom is -0.381 e. The summed E-state index contributed by atoms with van der Waals surface area (Å²) in [6.45, 7) is 10.1. The molecule has 2 aliphatic heterocycles. The normalized spacial score (nSPS) is 21.2. The number of likely N-dealkylation sites (tertiary alicyclic amines) is 1. The Hall–Kier alpha value is -1.99. The van der Waals surface area contributed by atoms with Crippen molar-refractivity contribution >= 4 is 17.2 Å². The van der Waals surface area contributed by atoms with Crippen molar-refractivity contribution in [1.29, 1.82) is 0 Å². The quantitative estimate of drug-likeness (QED) is 0.516. The van der Waals surface area contributed by atoms with Gasteiger partial charge in [-0.3, -0.25) is 4.90 Å². The number of nitrogens with one attached hydrogen (secondary N) is 1. The highest BCUT2D eigenvalue weighted by atomic mass is 35.5. The summed E-state index contributed by atoms with van der Waals surface area (Å²) in [6, 6.07) is 10.9. The van der Waals surface area contributed by atoms with Crippen LogP contribution in [-0.4, -0.2) is 51.8 Å². The average Bonchev–Trinajstić information content (AvgIpc) is 3.19. The summed E-state index contributed by atoms with van der Waals surface area (Å²) in [5, 5.41) is 9.51. The first kappa shape index (κ1) is 23.7. The fraction of sp³-hybridized carbons (Fsp3) is 0.556. The van der Waals surface area contributed by atoms with E-state index in [4.69, 9.17) is 26.4 Å². The van der Waals surface area contributed by atoms with E-state index < -0.39 is 0 Å². The molecule has 0 saturated carbocycles. The first-order valence-corrected chi connectivity index (χ1v) is 13.1. The van der Waals surface area contributed by atoms with E-state index in [9.17, 15) is 0 Å². The third kappa shape index (κ3) is 5.30. The zero-order chi connectivity index (χ0) is 23.5. The Bertz CT molecular complexity index is 1090. The number of aryl methyl sites for hydroxylation is 1. The van der Waals surface area contributed by atoms with E-state index in [0.717, 1.165) is 68.6 Å². The molecule has 0 bridgehead atoms. The van der Waals surface area contributed by atoms with Crippen LogP contribution in [0.5, 0.6) is 0 Å². The molecule has 0 radical (unpaired) electrons. The van der Waals surface area contributed by atoms with Gasteiger partial charge in [0.1, 0.15) is 0 Å². The third-order valence-electron chi connectivity index (χ3n) is 7.66. The van der Waals surface area contributed by atoms with Crippen LogP contribution in [0.2, 0.25) is 5.02 Å². The summed E-state index contributed by atoms with van der Waals surface area (Å²) in [7, 11) is 0. The van der Waals surface area contributed by atoms with Crippen LogP contribution in [0, 0.1) is 12.8 Å². The lowest BCUT2D eigenvalue weighted by molar-refractivity contribution is 0.0558. The van der Waals surface area contributed by atoms with E-state index >= 15 is 0 Å². The van der Waals surface area contributed by atoms with Crippen molar-refractivity contribution in [2.45, 2.75) is 64.6 Å². The third-order valence-corrected chi connectivity index (χ3v) is 7.91. The second-order valence-electron chi connectivity index (χ2n) is 9.99. The molecule has 7 heteroatoms. The summed E-state index contributed by atoms with van der Waals surface area (Å²) in [6.07, 6.45) is 6.62. The van der Waals surface area contributed by atoms with Gasteiger partial charge in [0, 0.05) is 61.6 Å². The highest BCUT2D eigenvalue weighted by Gasteiger charge is 2.26. The highest BCUT2D eigenvalue weighted by molar-refractivity contribution is 6.30. The van der Waals surface area contributed by atoms with E-state index in [1.54, 1.807) is 0 Å². The van der Waals surface area contributed by atoms with E-state index in [-0.39, 0.29) is 0 Å². The lowest BCUT2D eigenvalue weighted by atomic mass is 9.93. The number of halogens is 1. The van der Waals surface area contributed by atoms with Gasteiger partial charge in [-0.15, -0.1) is 0 Å². The van der Waals surface area contributed by atoms with Crippen LogP contribution < -0.4 is 5.32 Å². The van der Waals surface area contributed by atoms with E-state index in [1.807, 2.05) is 18.3 Å². The van der Waals surface area contributed by atoms with Gasteiger partial charge in [-0.1, -0.05) is 23.7 Å². The number of hydrogen-bond donors (Lipinski definition) is 1. The molecule has 2 fully saturated rings. The predicted molar refractivity (Wildman–Crippen MR) is 136 cm³/mol. The molecular formula is C27H36ClN5O. The van der Waals surface area contributed by atoms with Crippen molar-refractivity contribution in [2.24, 2.45) is 5.92 Å². The van der Waals surface area contributed by atoms with Crippen molar-refractivity contribution in [3.63, 3.8) is 0 Å². The maximum atomic E-state index is 6.07. The summed E-state index contributed by atoms with van der Waals surface area (Å²) < 4.78 is 7.65. The van der Waals surface area contributed by atoms with Crippen molar-refractivity contribution < 1.29 is 4.74 Å². The van der Waals surface area contributed by atoms with Crippen molar-refractivity contribution in [1.82, 2.24) is 24.8 Å². The van der Waals surface area contributed by atoms with Crippen molar-refractivity contribution in [3.8, 4) is 0 Å². The molecule has 1 aromatic carbocycles. The van der Waals surface area contributed by atoms with Crippen LogP contribution in [0.15, 0.2) is 36.5 Å². The molecule has 1 N–H and O–H groups in total. The Kier molecular flexibility index (Phi) is 7.49. The summed E-state index contributed by atoms with van der Waals surface area (Å²) in [4.78, 5) is 7.31. The van der Waals surface area contributed by atoms with Gasteiger partial charge in [0.25, 0.3) is 0 Å². The lowest BCUT2D eigenvalue weighted by Gasteiger charge is -2.33. The fourth-order valence-electron chi connectivity index (χ4n) is 5.56. The molecule has 2 aromatic heterocycles. The molecule has 5 rings (SSSR count). The Morgan fingerprint density at radius 1 is 1.15 bits per heavy atom. The molecular weight excluding hydrogens is 446 g/mol. The van der Waals surface area contributed by atoms with Gasteiger partial charge >= 0.3 is 0 Å². The summed E-state index contributed by atoms with van der Waals surface area (Å²) >= 11 is 6.07. The van der Waals surface area contributed by atoms with E-state index in [2.05, 4.69) is 46.8 Å². The Morgan fingerprint density at radius 2 is 1.94 bits per heavy atom. The van der Waals surface area contributed by atoms with Gasteiger partial charge in [-0.05, 0) is 75.8 Å². The van der Waals surface area contributed by atoms with Crippen molar-refractivity contribution in [3.05, 3.63) is 64.1 Å². The largest absolute Gasteiger partial charge is 0.381 e. The Labute approximate surface area is 207 Å². The molecule has 6 nitrogen and oxygen atoms in total. The zero-order valence-electron chi connectivity index (χ0n) is 20.3. The van der Waals surface area contributed by atoms with Crippen molar-refractivity contribution in [2.75, 3.05) is 26.3 Å². The Morgan fingerprint density at radius 3 is 2.74 bits per heavy atom. The molecule has 0 aliphatic carbocycles. The molecule has 34 heavy (non-hydrogen) atoms. The highest BCUT2D eigenvalue weighted by Crippen LogP contribution is 2.29. The van der Waals surface area contributed by atoms with E-state index in [1.165, 1.54) is 29.7 Å². The molecule has 2 aliphatic rings. The fourth-order valence-corrected chi connectivity index (χ4v) is 5.69. The maximum absolute atomic E-state index is 6.07. The predicted octanol–water partition coefficient (Wildman–Crippen LogP) is 4.98. The number of rotatable bonds is 7. The lowest BCUT2D eigenvalue weighted by Crippen LogP contribution is -2.36. The number of benzene rings is 1. The van der Waals surface area contributed by atoms with E-state index in [0.29, 0.717) is 17.9 Å². The van der Waals surface area contributed by atoms with Crippen LogP contribution in [0.4, 0.5) is 0 Å². The van der Waals surface area contributed by atoms with Crippen LogP contribution in [-0.2, 0) is 17.8 Å². The molecule has 2 saturated heterocycles. The second kappa shape index (κ2) is 10.7. The monoisotopic (exact) mass is 481 g/mol. The van der Waals surface area contributed by atoms with Gasteiger partial charge in [-0.2, -0.15) is 5.10 Å². The smallest absolute Gasteiger partial charge is 0.159 e. The zero-order valence-corrected chi connectivity index (χ0v) is 21.1. The van der Waals surface area contributed by atoms with Crippen LogP contribution in [0.1, 0.15) is 61.0 Å². The van der Waals surface area contributed by atoms with Crippen LogP contribution in [0.25, 0.3) is 5.65 Å². The van der Waals surface area contributed by atoms with Crippen LogP contribution >= 0.6 is 11.6 Å². The topological polar surface area (TPSA) is 54.7 Å². The first-order chi connectivity index (χ1) is 16.6. The molecule has 0 amide bonds.